The van der Waals surface area contributed by atoms with E-state index >= 15 is 0 Å². The lowest BCUT2D eigenvalue weighted by atomic mass is 10.1. The predicted molar refractivity (Wildman–Crippen MR) is 121 cm³/mol. The fraction of sp³-hybridized carbons (Fsp3) is 0. The molecule has 0 aliphatic rings. The van der Waals surface area contributed by atoms with Crippen molar-refractivity contribution in [2.24, 2.45) is 5.14 Å². The van der Waals surface area contributed by atoms with Crippen LogP contribution in [0.4, 0.5) is 5.69 Å². The molecular formula is C22H18N2O5S2. The minimum absolute atomic E-state index is 0.0451. The molecule has 4 rings (SSSR count). The first-order valence-electron chi connectivity index (χ1n) is 9.15. The van der Waals surface area contributed by atoms with Crippen LogP contribution in [-0.4, -0.2) is 16.8 Å². The minimum Gasteiger partial charge on any atom is -0.456 e. The summed E-state index contributed by atoms with van der Waals surface area (Å²) < 4.78 is 53.9. The summed E-state index contributed by atoms with van der Waals surface area (Å²) in [6, 6.07) is 22.6. The number of hydrogen-bond donors (Lipinski definition) is 2. The molecule has 0 atom stereocenters. The third kappa shape index (κ3) is 4.53. The van der Waals surface area contributed by atoms with Crippen LogP contribution in [0.15, 0.2) is 94.4 Å². The number of primary sulfonamides is 1. The SMILES string of the molecule is NS(=O)(=O)c1ccccc1N(C=Cc1ccc(-c2cc3ccccc3o2)cc1)[SH](=O)=O. The predicted octanol–water partition coefficient (Wildman–Crippen LogP) is 3.75. The van der Waals surface area contributed by atoms with Crippen molar-refractivity contribution in [3.8, 4) is 11.3 Å². The van der Waals surface area contributed by atoms with E-state index in [4.69, 9.17) is 9.56 Å². The number of fused-ring (bicyclic) bond motifs is 1. The highest BCUT2D eigenvalue weighted by molar-refractivity contribution is 7.89. The first kappa shape index (κ1) is 20.9. The highest BCUT2D eigenvalue weighted by atomic mass is 32.2. The summed E-state index contributed by atoms with van der Waals surface area (Å²) in [5.74, 6) is 0.725. The largest absolute Gasteiger partial charge is 0.456 e. The van der Waals surface area contributed by atoms with Gasteiger partial charge in [-0.1, -0.05) is 54.6 Å². The van der Waals surface area contributed by atoms with Gasteiger partial charge in [-0.2, -0.15) is 0 Å². The van der Waals surface area contributed by atoms with Gasteiger partial charge >= 0.3 is 0 Å². The molecule has 158 valence electrons. The molecule has 0 aliphatic heterocycles. The van der Waals surface area contributed by atoms with Crippen molar-refractivity contribution in [1.82, 2.24) is 0 Å². The number of hydrogen-bond acceptors (Lipinski definition) is 5. The van der Waals surface area contributed by atoms with Crippen molar-refractivity contribution in [2.75, 3.05) is 4.31 Å². The Hall–Kier alpha value is -3.40. The van der Waals surface area contributed by atoms with E-state index in [2.05, 4.69) is 0 Å². The van der Waals surface area contributed by atoms with Crippen molar-refractivity contribution in [3.63, 3.8) is 0 Å². The Morgan fingerprint density at radius 3 is 2.26 bits per heavy atom. The lowest BCUT2D eigenvalue weighted by Crippen LogP contribution is -2.20. The molecule has 3 aromatic carbocycles. The molecule has 4 aromatic rings. The summed E-state index contributed by atoms with van der Waals surface area (Å²) >= 11 is 0. The average molecular weight is 455 g/mol. The molecule has 1 aromatic heterocycles. The van der Waals surface area contributed by atoms with Crippen LogP contribution in [0.3, 0.4) is 0 Å². The standard InChI is InChI=1S/C22H18N2O5S2/c23-31(27,28)22-8-4-2-6-19(22)24(30(25)26)14-13-16-9-11-17(12-10-16)21-15-18-5-1-3-7-20(18)29-21/h1-15,30H,(H2,23,27,28). The van der Waals surface area contributed by atoms with Crippen LogP contribution in [-0.2, 0) is 20.9 Å². The van der Waals surface area contributed by atoms with Crippen LogP contribution in [0, 0.1) is 0 Å². The van der Waals surface area contributed by atoms with Gasteiger partial charge in [-0.05, 0) is 35.9 Å². The maximum absolute atomic E-state index is 11.8. The van der Waals surface area contributed by atoms with Gasteiger partial charge in [-0.25, -0.2) is 26.3 Å². The van der Waals surface area contributed by atoms with E-state index in [1.54, 1.807) is 18.2 Å². The Kier molecular flexibility index (Phi) is 5.64. The van der Waals surface area contributed by atoms with Gasteiger partial charge in [0.15, 0.2) is 0 Å². The van der Waals surface area contributed by atoms with Crippen LogP contribution in [0.1, 0.15) is 5.56 Å². The van der Waals surface area contributed by atoms with Gasteiger partial charge in [0.2, 0.25) is 20.9 Å². The van der Waals surface area contributed by atoms with Gasteiger partial charge in [0.1, 0.15) is 16.2 Å². The van der Waals surface area contributed by atoms with Crippen LogP contribution < -0.4 is 9.44 Å². The molecule has 1 heterocycles. The minimum atomic E-state index is -4.10. The number of anilines is 1. The molecular weight excluding hydrogens is 436 g/mol. The molecule has 2 N–H and O–H groups in total. The van der Waals surface area contributed by atoms with Gasteiger partial charge in [0.25, 0.3) is 0 Å². The van der Waals surface area contributed by atoms with Crippen molar-refractivity contribution >= 4 is 43.6 Å². The molecule has 0 unspecified atom stereocenters. The van der Waals surface area contributed by atoms with E-state index < -0.39 is 20.9 Å². The number of rotatable bonds is 6. The summed E-state index contributed by atoms with van der Waals surface area (Å²) in [5.41, 5.74) is 2.34. The molecule has 0 amide bonds. The first-order chi connectivity index (χ1) is 14.8. The van der Waals surface area contributed by atoms with E-state index in [9.17, 15) is 16.8 Å². The van der Waals surface area contributed by atoms with E-state index in [1.807, 2.05) is 42.5 Å². The second kappa shape index (κ2) is 8.38. The highest BCUT2D eigenvalue weighted by Gasteiger charge is 2.18. The Labute approximate surface area is 181 Å². The monoisotopic (exact) mass is 454 g/mol. The Bertz CT molecular complexity index is 1410. The van der Waals surface area contributed by atoms with E-state index in [0.717, 1.165) is 32.2 Å². The van der Waals surface area contributed by atoms with E-state index in [-0.39, 0.29) is 10.6 Å². The smallest absolute Gasteiger partial charge is 0.240 e. The quantitative estimate of drug-likeness (QED) is 0.431. The summed E-state index contributed by atoms with van der Waals surface area (Å²) in [6.45, 7) is 0. The van der Waals surface area contributed by atoms with Crippen molar-refractivity contribution in [2.45, 2.75) is 4.90 Å². The van der Waals surface area contributed by atoms with Crippen LogP contribution in [0.25, 0.3) is 28.4 Å². The highest BCUT2D eigenvalue weighted by Crippen LogP contribution is 2.28. The third-order valence-electron chi connectivity index (χ3n) is 4.62. The fourth-order valence-electron chi connectivity index (χ4n) is 3.15. The fourth-order valence-corrected chi connectivity index (χ4v) is 4.47. The van der Waals surface area contributed by atoms with Crippen molar-refractivity contribution in [3.05, 3.63) is 90.6 Å². The summed E-state index contributed by atoms with van der Waals surface area (Å²) in [5, 5.41) is 6.22. The Morgan fingerprint density at radius 2 is 1.58 bits per heavy atom. The molecule has 31 heavy (non-hydrogen) atoms. The number of para-hydroxylation sites is 2. The number of nitrogens with two attached hydrogens (primary N) is 1. The molecule has 0 fully saturated rings. The van der Waals surface area contributed by atoms with Gasteiger partial charge < -0.3 is 4.42 Å². The topological polar surface area (TPSA) is 111 Å². The number of sulfonamides is 1. The number of thiol groups is 1. The number of benzene rings is 3. The zero-order valence-electron chi connectivity index (χ0n) is 16.1. The maximum atomic E-state index is 11.8. The van der Waals surface area contributed by atoms with Crippen molar-refractivity contribution in [1.29, 1.82) is 0 Å². The van der Waals surface area contributed by atoms with Gasteiger partial charge in [0.05, 0.1) is 5.69 Å². The molecule has 9 heteroatoms. The normalized spacial score (nSPS) is 12.1. The van der Waals surface area contributed by atoms with Crippen LogP contribution in [0.5, 0.6) is 0 Å². The molecule has 0 aliphatic carbocycles. The average Bonchev–Trinajstić information content (AvgIpc) is 3.18. The maximum Gasteiger partial charge on any atom is 0.240 e. The van der Waals surface area contributed by atoms with Gasteiger partial charge in [-0.3, -0.25) is 0 Å². The lowest BCUT2D eigenvalue weighted by Gasteiger charge is -2.15. The number of furan rings is 1. The summed E-state index contributed by atoms with van der Waals surface area (Å²) in [7, 11) is -7.24. The lowest BCUT2D eigenvalue weighted by molar-refractivity contribution is 0.598. The Balaban J connectivity index is 1.63. The molecule has 0 radical (unpaired) electrons. The Morgan fingerprint density at radius 1 is 0.903 bits per heavy atom. The molecule has 0 saturated heterocycles. The van der Waals surface area contributed by atoms with Gasteiger partial charge in [-0.15, -0.1) is 0 Å². The second-order valence-corrected chi connectivity index (χ2v) is 9.12. The van der Waals surface area contributed by atoms with E-state index in [0.29, 0.717) is 0 Å². The summed E-state index contributed by atoms with van der Waals surface area (Å²) in [4.78, 5) is -0.279. The zero-order valence-corrected chi connectivity index (χ0v) is 17.8. The molecule has 0 bridgehead atoms. The number of nitrogens with zero attached hydrogens (tertiary/aromatic N) is 1. The third-order valence-corrected chi connectivity index (χ3v) is 6.28. The van der Waals surface area contributed by atoms with Crippen molar-refractivity contribution < 1.29 is 21.3 Å². The molecule has 0 saturated carbocycles. The first-order valence-corrected chi connectivity index (χ1v) is 11.8. The van der Waals surface area contributed by atoms with Gasteiger partial charge in [0, 0.05) is 17.1 Å². The molecule has 7 nitrogen and oxygen atoms in total. The molecule has 0 spiro atoms. The van der Waals surface area contributed by atoms with Crippen LogP contribution in [0.2, 0.25) is 0 Å². The van der Waals surface area contributed by atoms with E-state index in [1.165, 1.54) is 30.5 Å². The summed E-state index contributed by atoms with van der Waals surface area (Å²) in [6.07, 6.45) is 2.85. The van der Waals surface area contributed by atoms with Crippen LogP contribution >= 0.6 is 0 Å². The zero-order chi connectivity index (χ0) is 22.0. The second-order valence-electron chi connectivity index (χ2n) is 6.68.